The molecule has 2 N–H and O–H groups in total. The van der Waals surface area contributed by atoms with E-state index in [1.165, 1.54) is 12.1 Å². The van der Waals surface area contributed by atoms with Crippen molar-refractivity contribution in [3.63, 3.8) is 0 Å². The maximum Gasteiger partial charge on any atom is 0.219 e. The largest absolute Gasteiger partial charge is 0.488 e. The number of nitrogens with two attached hydrogens (primary N) is 1. The number of ether oxygens (including phenoxy) is 2. The molecule has 0 amide bonds. The average Bonchev–Trinajstić information content (AvgIpc) is 2.45. The fourth-order valence-corrected chi connectivity index (χ4v) is 1.88. The summed E-state index contributed by atoms with van der Waals surface area (Å²) < 4.78 is 24.1. The van der Waals surface area contributed by atoms with Crippen molar-refractivity contribution in [2.24, 2.45) is 5.73 Å². The molecular weight excluding hydrogens is 259 g/mol. The van der Waals surface area contributed by atoms with E-state index in [4.69, 9.17) is 15.2 Å². The van der Waals surface area contributed by atoms with Crippen LogP contribution in [0.1, 0.15) is 24.1 Å². The number of aromatic nitrogens is 1. The van der Waals surface area contributed by atoms with E-state index in [1.807, 2.05) is 13.0 Å². The van der Waals surface area contributed by atoms with Crippen LogP contribution in [-0.2, 0) is 6.61 Å². The highest BCUT2D eigenvalue weighted by molar-refractivity contribution is 5.36. The topological polar surface area (TPSA) is 57.4 Å². The van der Waals surface area contributed by atoms with E-state index in [2.05, 4.69) is 4.98 Å². The Hall–Kier alpha value is -2.14. The van der Waals surface area contributed by atoms with Crippen molar-refractivity contribution in [3.8, 4) is 11.6 Å². The van der Waals surface area contributed by atoms with Crippen molar-refractivity contribution in [2.45, 2.75) is 19.6 Å². The van der Waals surface area contributed by atoms with Crippen molar-refractivity contribution in [2.75, 3.05) is 7.11 Å². The molecule has 0 fully saturated rings. The van der Waals surface area contributed by atoms with Gasteiger partial charge in [0.15, 0.2) is 0 Å². The molecule has 0 aliphatic heterocycles. The number of pyridine rings is 1. The molecule has 2 rings (SSSR count). The molecule has 2 aromatic rings. The van der Waals surface area contributed by atoms with Crippen LogP contribution >= 0.6 is 0 Å². The Balaban J connectivity index is 2.20. The first-order valence-electron chi connectivity index (χ1n) is 6.27. The van der Waals surface area contributed by atoms with Crippen LogP contribution in [0.2, 0.25) is 0 Å². The molecule has 106 valence electrons. The molecule has 4 nitrogen and oxygen atoms in total. The second kappa shape index (κ2) is 6.34. The highest BCUT2D eigenvalue weighted by Crippen LogP contribution is 2.26. The quantitative estimate of drug-likeness (QED) is 0.912. The minimum Gasteiger partial charge on any atom is -0.488 e. The summed E-state index contributed by atoms with van der Waals surface area (Å²) in [5, 5.41) is 0. The van der Waals surface area contributed by atoms with Crippen LogP contribution < -0.4 is 15.2 Å². The fraction of sp³-hybridized carbons (Fsp3) is 0.267. The minimum atomic E-state index is -0.359. The number of halogens is 1. The Bertz CT molecular complexity index is 588. The number of hydrogen-bond donors (Lipinski definition) is 1. The Morgan fingerprint density at radius 1 is 1.35 bits per heavy atom. The lowest BCUT2D eigenvalue weighted by Gasteiger charge is -2.15. The van der Waals surface area contributed by atoms with Gasteiger partial charge in [-0.05, 0) is 25.1 Å². The summed E-state index contributed by atoms with van der Waals surface area (Å²) in [5.41, 5.74) is 7.40. The van der Waals surface area contributed by atoms with Gasteiger partial charge in [-0.3, -0.25) is 0 Å². The minimum absolute atomic E-state index is 0.235. The van der Waals surface area contributed by atoms with Crippen molar-refractivity contribution in [3.05, 3.63) is 53.5 Å². The van der Waals surface area contributed by atoms with E-state index in [1.54, 1.807) is 25.4 Å². The summed E-state index contributed by atoms with van der Waals surface area (Å²) >= 11 is 0. The first-order valence-corrected chi connectivity index (χ1v) is 6.27. The normalized spacial score (nSPS) is 12.0. The van der Waals surface area contributed by atoms with Gasteiger partial charge in [0.05, 0.1) is 12.7 Å². The van der Waals surface area contributed by atoms with Gasteiger partial charge in [-0.15, -0.1) is 0 Å². The summed E-state index contributed by atoms with van der Waals surface area (Å²) in [5.74, 6) is 0.569. The molecule has 0 unspecified atom stereocenters. The zero-order chi connectivity index (χ0) is 14.5. The molecule has 0 radical (unpaired) electrons. The Labute approximate surface area is 117 Å². The molecule has 0 saturated carbocycles. The van der Waals surface area contributed by atoms with E-state index >= 15 is 0 Å². The second-order valence-corrected chi connectivity index (χ2v) is 4.43. The first kappa shape index (κ1) is 14.3. The molecule has 0 spiro atoms. The van der Waals surface area contributed by atoms with E-state index in [9.17, 15) is 4.39 Å². The van der Waals surface area contributed by atoms with Crippen LogP contribution in [0.4, 0.5) is 4.39 Å². The number of rotatable bonds is 5. The zero-order valence-electron chi connectivity index (χ0n) is 11.5. The number of hydrogen-bond acceptors (Lipinski definition) is 4. The zero-order valence-corrected chi connectivity index (χ0v) is 11.5. The van der Waals surface area contributed by atoms with Gasteiger partial charge in [-0.2, -0.15) is 0 Å². The second-order valence-electron chi connectivity index (χ2n) is 4.43. The van der Waals surface area contributed by atoms with Gasteiger partial charge < -0.3 is 15.2 Å². The maximum atomic E-state index is 13.3. The van der Waals surface area contributed by atoms with Gasteiger partial charge in [-0.25, -0.2) is 9.37 Å². The van der Waals surface area contributed by atoms with Crippen LogP contribution in [0.3, 0.4) is 0 Å². The summed E-state index contributed by atoms with van der Waals surface area (Å²) in [7, 11) is 1.54. The molecule has 1 aromatic heterocycles. The van der Waals surface area contributed by atoms with Crippen molar-refractivity contribution in [1.82, 2.24) is 4.98 Å². The van der Waals surface area contributed by atoms with E-state index in [0.717, 1.165) is 11.1 Å². The lowest BCUT2D eigenvalue weighted by Crippen LogP contribution is -2.09. The Morgan fingerprint density at radius 2 is 2.15 bits per heavy atom. The number of benzene rings is 1. The van der Waals surface area contributed by atoms with Gasteiger partial charge in [0.2, 0.25) is 5.88 Å². The van der Waals surface area contributed by atoms with Gasteiger partial charge in [0.1, 0.15) is 18.2 Å². The molecule has 1 atom stereocenters. The van der Waals surface area contributed by atoms with Crippen LogP contribution in [0.5, 0.6) is 11.6 Å². The molecule has 0 aliphatic carbocycles. The lowest BCUT2D eigenvalue weighted by atomic mass is 10.1. The van der Waals surface area contributed by atoms with Crippen LogP contribution in [-0.4, -0.2) is 12.1 Å². The third kappa shape index (κ3) is 3.24. The van der Waals surface area contributed by atoms with Crippen molar-refractivity contribution < 1.29 is 13.9 Å². The van der Waals surface area contributed by atoms with Gasteiger partial charge in [-0.1, -0.05) is 6.07 Å². The van der Waals surface area contributed by atoms with Gasteiger partial charge >= 0.3 is 0 Å². The number of methoxy groups -OCH3 is 1. The molecule has 0 aliphatic rings. The Morgan fingerprint density at radius 3 is 2.85 bits per heavy atom. The smallest absolute Gasteiger partial charge is 0.219 e. The molecular formula is C15H17FN2O2. The summed E-state index contributed by atoms with van der Waals surface area (Å²) in [6.07, 6.45) is 1.64. The van der Waals surface area contributed by atoms with E-state index < -0.39 is 0 Å². The fourth-order valence-electron chi connectivity index (χ4n) is 1.88. The van der Waals surface area contributed by atoms with Crippen molar-refractivity contribution >= 4 is 0 Å². The molecule has 5 heteroatoms. The average molecular weight is 276 g/mol. The van der Waals surface area contributed by atoms with E-state index in [-0.39, 0.29) is 18.5 Å². The highest BCUT2D eigenvalue weighted by atomic mass is 19.1. The van der Waals surface area contributed by atoms with Gasteiger partial charge in [0, 0.05) is 23.9 Å². The third-order valence-corrected chi connectivity index (χ3v) is 2.89. The van der Waals surface area contributed by atoms with Gasteiger partial charge in [0.25, 0.3) is 0 Å². The summed E-state index contributed by atoms with van der Waals surface area (Å²) in [6.45, 7) is 2.06. The lowest BCUT2D eigenvalue weighted by molar-refractivity contribution is 0.288. The predicted octanol–water partition coefficient (Wildman–Crippen LogP) is 2.83. The molecule has 20 heavy (non-hydrogen) atoms. The van der Waals surface area contributed by atoms with Crippen LogP contribution in [0, 0.1) is 5.82 Å². The monoisotopic (exact) mass is 276 g/mol. The highest BCUT2D eigenvalue weighted by Gasteiger charge is 2.11. The number of nitrogens with zero attached hydrogens (tertiary/aromatic N) is 1. The molecule has 1 aromatic carbocycles. The van der Waals surface area contributed by atoms with Crippen molar-refractivity contribution in [1.29, 1.82) is 0 Å². The SMILES string of the molecule is COc1ncccc1COc1cc(F)ccc1[C@H](C)N. The van der Waals surface area contributed by atoms with Crippen LogP contribution in [0.25, 0.3) is 0 Å². The molecule has 0 saturated heterocycles. The Kier molecular flexibility index (Phi) is 4.53. The van der Waals surface area contributed by atoms with E-state index in [0.29, 0.717) is 11.6 Å². The summed E-state index contributed by atoms with van der Waals surface area (Å²) in [4.78, 5) is 4.08. The maximum absolute atomic E-state index is 13.3. The molecule has 1 heterocycles. The predicted molar refractivity (Wildman–Crippen MR) is 74.1 cm³/mol. The third-order valence-electron chi connectivity index (χ3n) is 2.89. The standard InChI is InChI=1S/C15H17FN2O2/c1-10(17)13-6-5-12(16)8-14(13)20-9-11-4-3-7-18-15(11)19-2/h3-8,10H,9,17H2,1-2H3/t10-/m0/s1. The van der Waals surface area contributed by atoms with Crippen LogP contribution in [0.15, 0.2) is 36.5 Å². The summed E-state index contributed by atoms with van der Waals surface area (Å²) in [6, 6.07) is 7.74. The first-order chi connectivity index (χ1) is 9.61. The molecule has 0 bridgehead atoms.